The van der Waals surface area contributed by atoms with Crippen molar-refractivity contribution in [3.05, 3.63) is 59.4 Å². The fourth-order valence-electron chi connectivity index (χ4n) is 1.56. The lowest BCUT2D eigenvalue weighted by Crippen LogP contribution is -2.01. The summed E-state index contributed by atoms with van der Waals surface area (Å²) >= 11 is 0. The van der Waals surface area contributed by atoms with Crippen LogP contribution in [0.4, 0.5) is 10.1 Å². The van der Waals surface area contributed by atoms with Crippen molar-refractivity contribution in [3.8, 4) is 11.8 Å². The summed E-state index contributed by atoms with van der Waals surface area (Å²) in [4.78, 5) is 0. The standard InChI is InChI=1S/C14H11FN2O/c15-12-6-5-10(8-16)11(7-12)9-18-14-4-2-1-3-13(14)17/h1-7H,9,17H2. The van der Waals surface area contributed by atoms with E-state index in [-0.39, 0.29) is 6.61 Å². The number of rotatable bonds is 3. The molecule has 0 aromatic heterocycles. The number of nitrogen functional groups attached to an aromatic ring is 1. The lowest BCUT2D eigenvalue weighted by molar-refractivity contribution is 0.307. The van der Waals surface area contributed by atoms with Crippen molar-refractivity contribution in [1.82, 2.24) is 0 Å². The molecule has 0 aliphatic carbocycles. The number of halogens is 1. The first-order chi connectivity index (χ1) is 8.70. The zero-order chi connectivity index (χ0) is 13.0. The Morgan fingerprint density at radius 2 is 2.00 bits per heavy atom. The normalized spacial score (nSPS) is 9.78. The molecule has 18 heavy (non-hydrogen) atoms. The highest BCUT2D eigenvalue weighted by Crippen LogP contribution is 2.22. The maximum absolute atomic E-state index is 13.1. The van der Waals surface area contributed by atoms with Gasteiger partial charge in [-0.2, -0.15) is 5.26 Å². The third-order valence-electron chi connectivity index (χ3n) is 2.49. The molecule has 0 saturated heterocycles. The fourth-order valence-corrected chi connectivity index (χ4v) is 1.56. The molecule has 90 valence electrons. The first-order valence-corrected chi connectivity index (χ1v) is 5.36. The number of hydrogen-bond donors (Lipinski definition) is 1. The van der Waals surface area contributed by atoms with Gasteiger partial charge in [-0.3, -0.25) is 0 Å². The third-order valence-corrected chi connectivity index (χ3v) is 2.49. The predicted molar refractivity (Wildman–Crippen MR) is 66.3 cm³/mol. The number of nitriles is 1. The van der Waals surface area contributed by atoms with E-state index >= 15 is 0 Å². The molecule has 2 rings (SSSR count). The Morgan fingerprint density at radius 1 is 1.22 bits per heavy atom. The molecule has 2 aromatic rings. The predicted octanol–water partition coefficient (Wildman–Crippen LogP) is 2.86. The summed E-state index contributed by atoms with van der Waals surface area (Å²) < 4.78 is 18.6. The second-order valence-electron chi connectivity index (χ2n) is 3.74. The van der Waals surface area contributed by atoms with Crippen LogP contribution in [-0.2, 0) is 6.61 Å². The second-order valence-corrected chi connectivity index (χ2v) is 3.74. The highest BCUT2D eigenvalue weighted by Gasteiger charge is 2.06. The Bertz CT molecular complexity index is 605. The number of anilines is 1. The number of nitrogens with two attached hydrogens (primary N) is 1. The fraction of sp³-hybridized carbons (Fsp3) is 0.0714. The van der Waals surface area contributed by atoms with Crippen LogP contribution in [0.25, 0.3) is 0 Å². The van der Waals surface area contributed by atoms with Crippen molar-refractivity contribution >= 4 is 5.69 Å². The van der Waals surface area contributed by atoms with Gasteiger partial charge in [-0.25, -0.2) is 4.39 Å². The SMILES string of the molecule is N#Cc1ccc(F)cc1COc1ccccc1N. The zero-order valence-electron chi connectivity index (χ0n) is 9.56. The van der Waals surface area contributed by atoms with Gasteiger partial charge in [0.05, 0.1) is 17.3 Å². The topological polar surface area (TPSA) is 59.0 Å². The van der Waals surface area contributed by atoms with Gasteiger partial charge in [0.2, 0.25) is 0 Å². The van der Waals surface area contributed by atoms with Crippen LogP contribution in [0.2, 0.25) is 0 Å². The van der Waals surface area contributed by atoms with Gasteiger partial charge in [-0.05, 0) is 30.3 Å². The molecule has 0 saturated carbocycles. The third kappa shape index (κ3) is 2.58. The largest absolute Gasteiger partial charge is 0.487 e. The first kappa shape index (κ1) is 11.9. The number of nitrogens with zero attached hydrogens (tertiary/aromatic N) is 1. The Hall–Kier alpha value is -2.54. The van der Waals surface area contributed by atoms with Crippen molar-refractivity contribution in [1.29, 1.82) is 5.26 Å². The molecule has 0 fully saturated rings. The molecule has 2 N–H and O–H groups in total. The quantitative estimate of drug-likeness (QED) is 0.842. The summed E-state index contributed by atoms with van der Waals surface area (Å²) in [5, 5.41) is 8.91. The van der Waals surface area contributed by atoms with Gasteiger partial charge in [-0.1, -0.05) is 12.1 Å². The van der Waals surface area contributed by atoms with Crippen molar-refractivity contribution in [2.45, 2.75) is 6.61 Å². The van der Waals surface area contributed by atoms with Gasteiger partial charge in [0.15, 0.2) is 0 Å². The van der Waals surface area contributed by atoms with Crippen LogP contribution >= 0.6 is 0 Å². The van der Waals surface area contributed by atoms with E-state index in [9.17, 15) is 4.39 Å². The summed E-state index contributed by atoms with van der Waals surface area (Å²) in [6, 6.07) is 13.0. The van der Waals surface area contributed by atoms with E-state index in [2.05, 4.69) is 0 Å². The highest BCUT2D eigenvalue weighted by molar-refractivity contribution is 5.52. The van der Waals surface area contributed by atoms with Crippen LogP contribution in [0.15, 0.2) is 42.5 Å². The molecule has 4 heteroatoms. The maximum atomic E-state index is 13.1. The van der Waals surface area contributed by atoms with E-state index in [1.807, 2.05) is 6.07 Å². The molecule has 0 spiro atoms. The van der Waals surface area contributed by atoms with E-state index in [4.69, 9.17) is 15.7 Å². The van der Waals surface area contributed by atoms with Gasteiger partial charge in [0, 0.05) is 5.56 Å². The smallest absolute Gasteiger partial charge is 0.142 e. The lowest BCUT2D eigenvalue weighted by Gasteiger charge is -2.09. The van der Waals surface area contributed by atoms with Crippen molar-refractivity contribution in [3.63, 3.8) is 0 Å². The van der Waals surface area contributed by atoms with E-state index in [0.29, 0.717) is 22.6 Å². The molecule has 3 nitrogen and oxygen atoms in total. The van der Waals surface area contributed by atoms with Gasteiger partial charge < -0.3 is 10.5 Å². The minimum absolute atomic E-state index is 0.106. The van der Waals surface area contributed by atoms with Crippen LogP contribution in [-0.4, -0.2) is 0 Å². The number of ether oxygens (including phenoxy) is 1. The first-order valence-electron chi connectivity index (χ1n) is 5.36. The van der Waals surface area contributed by atoms with E-state index in [0.717, 1.165) is 0 Å². The zero-order valence-corrected chi connectivity index (χ0v) is 9.56. The molecular formula is C14H11FN2O. The molecular weight excluding hydrogens is 231 g/mol. The molecule has 0 aliphatic heterocycles. The second kappa shape index (κ2) is 5.19. The maximum Gasteiger partial charge on any atom is 0.142 e. The molecule has 0 amide bonds. The van der Waals surface area contributed by atoms with Crippen LogP contribution in [0, 0.1) is 17.1 Å². The molecule has 2 aromatic carbocycles. The van der Waals surface area contributed by atoms with E-state index in [1.165, 1.54) is 18.2 Å². The average Bonchev–Trinajstić information content (AvgIpc) is 2.38. The van der Waals surface area contributed by atoms with Crippen molar-refractivity contribution in [2.75, 3.05) is 5.73 Å². The van der Waals surface area contributed by atoms with Crippen molar-refractivity contribution in [2.24, 2.45) is 0 Å². The molecule has 0 radical (unpaired) electrons. The van der Waals surface area contributed by atoms with E-state index in [1.54, 1.807) is 24.3 Å². The minimum Gasteiger partial charge on any atom is -0.487 e. The Kier molecular flexibility index (Phi) is 3.44. The average molecular weight is 242 g/mol. The summed E-state index contributed by atoms with van der Waals surface area (Å²) in [5.74, 6) is 0.124. The van der Waals surface area contributed by atoms with Crippen LogP contribution < -0.4 is 10.5 Å². The van der Waals surface area contributed by atoms with E-state index < -0.39 is 5.82 Å². The Morgan fingerprint density at radius 3 is 2.72 bits per heavy atom. The van der Waals surface area contributed by atoms with Crippen LogP contribution in [0.5, 0.6) is 5.75 Å². The Balaban J connectivity index is 2.18. The van der Waals surface area contributed by atoms with Crippen LogP contribution in [0.1, 0.15) is 11.1 Å². The van der Waals surface area contributed by atoms with Crippen molar-refractivity contribution < 1.29 is 9.13 Å². The van der Waals surface area contributed by atoms with Gasteiger partial charge in [-0.15, -0.1) is 0 Å². The summed E-state index contributed by atoms with van der Waals surface area (Å²) in [5.41, 5.74) is 7.12. The Labute approximate surface area is 104 Å². The van der Waals surface area contributed by atoms with Gasteiger partial charge in [0.1, 0.15) is 18.2 Å². The molecule has 0 unspecified atom stereocenters. The highest BCUT2D eigenvalue weighted by atomic mass is 19.1. The minimum atomic E-state index is -0.395. The number of para-hydroxylation sites is 2. The summed E-state index contributed by atoms with van der Waals surface area (Å²) in [6.45, 7) is 0.106. The molecule has 0 aliphatic rings. The monoisotopic (exact) mass is 242 g/mol. The molecule has 0 bridgehead atoms. The van der Waals surface area contributed by atoms with Crippen LogP contribution in [0.3, 0.4) is 0 Å². The summed E-state index contributed by atoms with van der Waals surface area (Å²) in [6.07, 6.45) is 0. The summed E-state index contributed by atoms with van der Waals surface area (Å²) in [7, 11) is 0. The van der Waals surface area contributed by atoms with Gasteiger partial charge in [0.25, 0.3) is 0 Å². The molecule has 0 atom stereocenters. The van der Waals surface area contributed by atoms with Gasteiger partial charge >= 0.3 is 0 Å². The lowest BCUT2D eigenvalue weighted by atomic mass is 10.1. The molecule has 0 heterocycles. The number of hydrogen-bond acceptors (Lipinski definition) is 3. The number of benzene rings is 2.